The summed E-state index contributed by atoms with van der Waals surface area (Å²) in [4.78, 5) is 2.56. The van der Waals surface area contributed by atoms with Crippen molar-refractivity contribution in [2.75, 3.05) is 13.1 Å². The molecule has 0 radical (unpaired) electrons. The highest BCUT2D eigenvalue weighted by Crippen LogP contribution is 2.22. The Morgan fingerprint density at radius 3 is 3.00 bits per heavy atom. The first kappa shape index (κ1) is 8.45. The van der Waals surface area contributed by atoms with Crippen LogP contribution in [0.15, 0.2) is 24.3 Å². The summed E-state index contributed by atoms with van der Waals surface area (Å²) in [5, 5.41) is 3.56. The molecule has 0 aromatic heterocycles. The minimum atomic E-state index is 0.627. The van der Waals surface area contributed by atoms with Gasteiger partial charge in [0.05, 0.1) is 6.17 Å². The second-order valence-electron chi connectivity index (χ2n) is 4.25. The molecule has 0 spiro atoms. The molecular weight excluding hydrogens is 172 g/mol. The Hall–Kier alpha value is -0.860. The third-order valence-corrected chi connectivity index (χ3v) is 3.40. The van der Waals surface area contributed by atoms with Gasteiger partial charge in [-0.2, -0.15) is 0 Å². The van der Waals surface area contributed by atoms with Crippen LogP contribution in [0, 0.1) is 0 Å². The molecule has 0 amide bonds. The van der Waals surface area contributed by atoms with Crippen LogP contribution < -0.4 is 5.32 Å². The molecule has 1 aromatic rings. The van der Waals surface area contributed by atoms with Gasteiger partial charge in [-0.3, -0.25) is 4.90 Å². The number of nitrogens with zero attached hydrogens (tertiary/aromatic N) is 1. The Labute approximate surface area is 84.9 Å². The van der Waals surface area contributed by atoms with E-state index in [0.717, 1.165) is 13.1 Å². The van der Waals surface area contributed by atoms with Gasteiger partial charge >= 0.3 is 0 Å². The molecule has 0 bridgehead atoms. The Morgan fingerprint density at radius 2 is 2.07 bits per heavy atom. The van der Waals surface area contributed by atoms with Crippen LogP contribution in [0.25, 0.3) is 0 Å². The van der Waals surface area contributed by atoms with Crippen molar-refractivity contribution < 1.29 is 0 Å². The minimum Gasteiger partial charge on any atom is -0.300 e. The first-order valence-electron chi connectivity index (χ1n) is 5.48. The second kappa shape index (κ2) is 3.37. The SMILES string of the molecule is c1ccc2c(c1)CCC1NCCN1C2. The topological polar surface area (TPSA) is 15.3 Å². The van der Waals surface area contributed by atoms with Crippen LogP contribution in [-0.2, 0) is 13.0 Å². The number of fused-ring (bicyclic) bond motifs is 2. The molecule has 74 valence electrons. The number of nitrogens with one attached hydrogen (secondary N) is 1. The van der Waals surface area contributed by atoms with Gasteiger partial charge in [0.1, 0.15) is 0 Å². The average Bonchev–Trinajstić information content (AvgIpc) is 2.58. The molecule has 14 heavy (non-hydrogen) atoms. The maximum Gasteiger partial charge on any atom is 0.0604 e. The van der Waals surface area contributed by atoms with Gasteiger partial charge in [0.25, 0.3) is 0 Å². The fraction of sp³-hybridized carbons (Fsp3) is 0.500. The molecule has 2 aliphatic heterocycles. The summed E-state index contributed by atoms with van der Waals surface area (Å²) in [6, 6.07) is 8.86. The van der Waals surface area contributed by atoms with Gasteiger partial charge in [-0.15, -0.1) is 0 Å². The summed E-state index contributed by atoms with van der Waals surface area (Å²) in [5.41, 5.74) is 3.07. The van der Waals surface area contributed by atoms with Gasteiger partial charge in [-0.1, -0.05) is 24.3 Å². The Kier molecular flexibility index (Phi) is 2.03. The lowest BCUT2D eigenvalue weighted by Gasteiger charge is -2.20. The highest BCUT2D eigenvalue weighted by molar-refractivity contribution is 5.28. The highest BCUT2D eigenvalue weighted by atomic mass is 15.3. The summed E-state index contributed by atoms with van der Waals surface area (Å²) >= 11 is 0. The zero-order valence-corrected chi connectivity index (χ0v) is 8.37. The fourth-order valence-corrected chi connectivity index (χ4v) is 2.60. The lowest BCUT2D eigenvalue weighted by molar-refractivity contribution is 0.230. The van der Waals surface area contributed by atoms with Crippen LogP contribution in [0.2, 0.25) is 0 Å². The van der Waals surface area contributed by atoms with E-state index in [2.05, 4.69) is 34.5 Å². The van der Waals surface area contributed by atoms with Crippen LogP contribution in [0.1, 0.15) is 17.5 Å². The Bertz CT molecular complexity index is 335. The van der Waals surface area contributed by atoms with Crippen molar-refractivity contribution in [3.8, 4) is 0 Å². The van der Waals surface area contributed by atoms with Crippen LogP contribution in [0.3, 0.4) is 0 Å². The molecule has 1 fully saturated rings. The molecule has 2 aliphatic rings. The number of rotatable bonds is 0. The summed E-state index contributed by atoms with van der Waals surface area (Å²) < 4.78 is 0. The van der Waals surface area contributed by atoms with E-state index in [4.69, 9.17) is 0 Å². The lowest BCUT2D eigenvalue weighted by Crippen LogP contribution is -2.33. The third kappa shape index (κ3) is 1.35. The van der Waals surface area contributed by atoms with E-state index in [1.807, 2.05) is 0 Å². The molecule has 2 heterocycles. The molecule has 3 rings (SSSR count). The molecule has 1 aromatic carbocycles. The Morgan fingerprint density at radius 1 is 1.21 bits per heavy atom. The van der Waals surface area contributed by atoms with E-state index in [9.17, 15) is 0 Å². The van der Waals surface area contributed by atoms with E-state index < -0.39 is 0 Å². The van der Waals surface area contributed by atoms with Gasteiger partial charge in [0.2, 0.25) is 0 Å². The zero-order valence-electron chi connectivity index (χ0n) is 8.37. The maximum absolute atomic E-state index is 3.56. The highest BCUT2D eigenvalue weighted by Gasteiger charge is 2.26. The summed E-state index contributed by atoms with van der Waals surface area (Å²) in [6.45, 7) is 3.50. The van der Waals surface area contributed by atoms with Crippen molar-refractivity contribution in [3.63, 3.8) is 0 Å². The molecule has 0 aliphatic carbocycles. The molecule has 1 N–H and O–H groups in total. The van der Waals surface area contributed by atoms with Crippen molar-refractivity contribution >= 4 is 0 Å². The first-order chi connectivity index (χ1) is 6.93. The summed E-state index contributed by atoms with van der Waals surface area (Å²) in [5.74, 6) is 0. The van der Waals surface area contributed by atoms with E-state index in [1.165, 1.54) is 24.9 Å². The summed E-state index contributed by atoms with van der Waals surface area (Å²) in [6.07, 6.45) is 3.11. The molecule has 1 unspecified atom stereocenters. The lowest BCUT2D eigenvalue weighted by atomic mass is 10.0. The van der Waals surface area contributed by atoms with Crippen molar-refractivity contribution in [2.24, 2.45) is 0 Å². The molecule has 1 saturated heterocycles. The number of hydrogen-bond acceptors (Lipinski definition) is 2. The van der Waals surface area contributed by atoms with Gasteiger partial charge in [-0.05, 0) is 24.0 Å². The van der Waals surface area contributed by atoms with E-state index in [-0.39, 0.29) is 0 Å². The normalized spacial score (nSPS) is 26.7. The van der Waals surface area contributed by atoms with Gasteiger partial charge in [0.15, 0.2) is 0 Å². The van der Waals surface area contributed by atoms with Crippen molar-refractivity contribution in [3.05, 3.63) is 35.4 Å². The first-order valence-corrected chi connectivity index (χ1v) is 5.48. The largest absolute Gasteiger partial charge is 0.300 e. The average molecular weight is 188 g/mol. The number of aryl methyl sites for hydroxylation is 1. The zero-order chi connectivity index (χ0) is 9.38. The molecule has 1 atom stereocenters. The van der Waals surface area contributed by atoms with Crippen molar-refractivity contribution in [1.29, 1.82) is 0 Å². The second-order valence-corrected chi connectivity index (χ2v) is 4.25. The minimum absolute atomic E-state index is 0.627. The predicted molar refractivity (Wildman–Crippen MR) is 57.0 cm³/mol. The van der Waals surface area contributed by atoms with E-state index in [0.29, 0.717) is 6.17 Å². The van der Waals surface area contributed by atoms with Crippen molar-refractivity contribution in [2.45, 2.75) is 25.6 Å². The monoisotopic (exact) mass is 188 g/mol. The molecule has 2 heteroatoms. The van der Waals surface area contributed by atoms with Crippen molar-refractivity contribution in [1.82, 2.24) is 10.2 Å². The number of benzene rings is 1. The smallest absolute Gasteiger partial charge is 0.0604 e. The van der Waals surface area contributed by atoms with Gasteiger partial charge in [-0.25, -0.2) is 0 Å². The third-order valence-electron chi connectivity index (χ3n) is 3.40. The maximum atomic E-state index is 3.56. The van der Waals surface area contributed by atoms with Crippen LogP contribution in [0.5, 0.6) is 0 Å². The van der Waals surface area contributed by atoms with E-state index in [1.54, 1.807) is 5.56 Å². The molecular formula is C12H16N2. The van der Waals surface area contributed by atoms with E-state index >= 15 is 0 Å². The fourth-order valence-electron chi connectivity index (χ4n) is 2.60. The van der Waals surface area contributed by atoms with Crippen LogP contribution in [0.4, 0.5) is 0 Å². The van der Waals surface area contributed by atoms with Gasteiger partial charge < -0.3 is 5.32 Å². The molecule has 0 saturated carbocycles. The quantitative estimate of drug-likeness (QED) is 0.661. The summed E-state index contributed by atoms with van der Waals surface area (Å²) in [7, 11) is 0. The predicted octanol–water partition coefficient (Wildman–Crippen LogP) is 1.36. The standard InChI is InChI=1S/C12H16N2/c1-2-4-11-9-14-8-7-13-12(14)6-5-10(11)3-1/h1-4,12-13H,5-9H2. The molecule has 2 nitrogen and oxygen atoms in total. The Balaban J connectivity index is 1.93. The van der Waals surface area contributed by atoms with Crippen LogP contribution in [-0.4, -0.2) is 24.2 Å². The van der Waals surface area contributed by atoms with Gasteiger partial charge in [0, 0.05) is 19.6 Å². The number of hydrogen-bond donors (Lipinski definition) is 1. The van der Waals surface area contributed by atoms with Crippen LogP contribution >= 0.6 is 0 Å².